The molecule has 0 atom stereocenters. The number of hydrogen-bond acceptors (Lipinski definition) is 2. The molecule has 0 bridgehead atoms. The van der Waals surface area contributed by atoms with Crippen molar-refractivity contribution in [2.45, 2.75) is 13.8 Å². The lowest BCUT2D eigenvalue weighted by molar-refractivity contribution is -0.112. The zero-order valence-corrected chi connectivity index (χ0v) is 9.94. The molecular formula is C15H14O2. The van der Waals surface area contributed by atoms with Crippen LogP contribution in [0.5, 0.6) is 0 Å². The van der Waals surface area contributed by atoms with Gasteiger partial charge in [0.1, 0.15) is 0 Å². The molecule has 86 valence electrons. The minimum Gasteiger partial charge on any atom is -0.293 e. The third-order valence-electron chi connectivity index (χ3n) is 2.94. The molecule has 1 aliphatic rings. The predicted molar refractivity (Wildman–Crippen MR) is 66.8 cm³/mol. The Bertz CT molecular complexity index is 499. The average Bonchev–Trinajstić information content (AvgIpc) is 2.35. The second-order valence-corrected chi connectivity index (χ2v) is 4.28. The molecule has 17 heavy (non-hydrogen) atoms. The first kappa shape index (κ1) is 11.5. The van der Waals surface area contributed by atoms with Gasteiger partial charge in [-0.05, 0) is 25.0 Å². The third kappa shape index (κ3) is 2.26. The smallest absolute Gasteiger partial charge is 0.183 e. The molecule has 2 heteroatoms. The highest BCUT2D eigenvalue weighted by Crippen LogP contribution is 2.22. The van der Waals surface area contributed by atoms with E-state index in [0.717, 1.165) is 0 Å². The van der Waals surface area contributed by atoms with E-state index in [1.54, 1.807) is 38.1 Å². The van der Waals surface area contributed by atoms with Gasteiger partial charge in [0.2, 0.25) is 0 Å². The van der Waals surface area contributed by atoms with Crippen molar-refractivity contribution in [3.05, 3.63) is 59.2 Å². The van der Waals surface area contributed by atoms with Crippen molar-refractivity contribution in [3.8, 4) is 0 Å². The van der Waals surface area contributed by atoms with Crippen molar-refractivity contribution < 1.29 is 9.59 Å². The zero-order chi connectivity index (χ0) is 12.4. The number of allylic oxidation sites excluding steroid dienone is 4. The van der Waals surface area contributed by atoms with E-state index < -0.39 is 0 Å². The molecule has 0 amide bonds. The number of carbonyl (C=O) groups excluding carboxylic acids is 2. The molecule has 1 aliphatic carbocycles. The third-order valence-corrected chi connectivity index (χ3v) is 2.94. The Hall–Kier alpha value is -1.96. The molecule has 0 saturated heterocycles. The summed E-state index contributed by atoms with van der Waals surface area (Å²) in [4.78, 5) is 23.8. The molecule has 0 radical (unpaired) electrons. The Balaban J connectivity index is 2.31. The lowest BCUT2D eigenvalue weighted by atomic mass is 9.87. The zero-order valence-electron chi connectivity index (χ0n) is 9.94. The molecule has 2 rings (SSSR count). The van der Waals surface area contributed by atoms with Gasteiger partial charge in [-0.25, -0.2) is 0 Å². The molecule has 0 aromatic heterocycles. The Labute approximate surface area is 101 Å². The summed E-state index contributed by atoms with van der Waals surface area (Å²) in [5.74, 6) is -0.242. The van der Waals surface area contributed by atoms with Gasteiger partial charge in [-0.3, -0.25) is 9.59 Å². The van der Waals surface area contributed by atoms with Gasteiger partial charge >= 0.3 is 0 Å². The summed E-state index contributed by atoms with van der Waals surface area (Å²) in [5.41, 5.74) is 1.98. The van der Waals surface area contributed by atoms with Crippen LogP contribution in [0.4, 0.5) is 0 Å². The van der Waals surface area contributed by atoms with Crippen LogP contribution in [0.25, 0.3) is 0 Å². The molecule has 2 nitrogen and oxygen atoms in total. The standard InChI is InChI=1S/C15H14O2/c1-10-8-13(9-11(2)14(10)16)15(17)12-6-4-3-5-7-12/h3-9,13H,1-2H3. The van der Waals surface area contributed by atoms with Gasteiger partial charge in [0.05, 0.1) is 5.92 Å². The van der Waals surface area contributed by atoms with Gasteiger partial charge in [0.15, 0.2) is 11.6 Å². The molecule has 1 aromatic carbocycles. The fraction of sp³-hybridized carbons (Fsp3) is 0.200. The van der Waals surface area contributed by atoms with E-state index in [1.807, 2.05) is 18.2 Å². The van der Waals surface area contributed by atoms with Crippen molar-refractivity contribution in [2.75, 3.05) is 0 Å². The minimum atomic E-state index is -0.310. The summed E-state index contributed by atoms with van der Waals surface area (Å²) in [5, 5.41) is 0. The summed E-state index contributed by atoms with van der Waals surface area (Å²) in [6.07, 6.45) is 3.48. The highest BCUT2D eigenvalue weighted by Gasteiger charge is 2.22. The van der Waals surface area contributed by atoms with Crippen molar-refractivity contribution in [3.63, 3.8) is 0 Å². The number of rotatable bonds is 2. The molecule has 0 N–H and O–H groups in total. The summed E-state index contributed by atoms with van der Waals surface area (Å²) >= 11 is 0. The van der Waals surface area contributed by atoms with Crippen LogP contribution in [-0.2, 0) is 4.79 Å². The van der Waals surface area contributed by atoms with Crippen LogP contribution in [-0.4, -0.2) is 11.6 Å². The van der Waals surface area contributed by atoms with Crippen molar-refractivity contribution in [1.82, 2.24) is 0 Å². The fourth-order valence-electron chi connectivity index (χ4n) is 2.00. The topological polar surface area (TPSA) is 34.1 Å². The Kier molecular flexibility index (Phi) is 3.05. The van der Waals surface area contributed by atoms with Crippen molar-refractivity contribution >= 4 is 11.6 Å². The van der Waals surface area contributed by atoms with Gasteiger partial charge in [0, 0.05) is 5.56 Å². The maximum atomic E-state index is 12.2. The van der Waals surface area contributed by atoms with E-state index in [9.17, 15) is 9.59 Å². The Morgan fingerprint density at radius 3 is 2.06 bits per heavy atom. The number of ketones is 2. The second-order valence-electron chi connectivity index (χ2n) is 4.28. The summed E-state index contributed by atoms with van der Waals surface area (Å²) in [6, 6.07) is 9.16. The molecule has 0 spiro atoms. The first-order valence-corrected chi connectivity index (χ1v) is 5.60. The normalized spacial score (nSPS) is 16.5. The van der Waals surface area contributed by atoms with Crippen molar-refractivity contribution in [2.24, 2.45) is 5.92 Å². The molecular weight excluding hydrogens is 212 g/mol. The van der Waals surface area contributed by atoms with Crippen LogP contribution in [0.3, 0.4) is 0 Å². The van der Waals surface area contributed by atoms with Gasteiger partial charge in [-0.1, -0.05) is 42.5 Å². The van der Waals surface area contributed by atoms with Crippen LogP contribution in [0.1, 0.15) is 24.2 Å². The van der Waals surface area contributed by atoms with Crippen LogP contribution < -0.4 is 0 Å². The van der Waals surface area contributed by atoms with E-state index in [0.29, 0.717) is 16.7 Å². The maximum Gasteiger partial charge on any atom is 0.183 e. The molecule has 0 unspecified atom stereocenters. The fourth-order valence-corrected chi connectivity index (χ4v) is 2.00. The Morgan fingerprint density at radius 2 is 1.53 bits per heavy atom. The number of benzene rings is 1. The molecule has 1 aromatic rings. The number of carbonyl (C=O) groups is 2. The molecule has 0 fully saturated rings. The monoisotopic (exact) mass is 226 g/mol. The predicted octanol–water partition coefficient (Wildman–Crippen LogP) is 2.96. The first-order valence-electron chi connectivity index (χ1n) is 5.60. The maximum absolute atomic E-state index is 12.2. The van der Waals surface area contributed by atoms with Gasteiger partial charge in [0.25, 0.3) is 0 Å². The van der Waals surface area contributed by atoms with Gasteiger partial charge in [-0.15, -0.1) is 0 Å². The van der Waals surface area contributed by atoms with Gasteiger partial charge in [-0.2, -0.15) is 0 Å². The highest BCUT2D eigenvalue weighted by atomic mass is 16.1. The van der Waals surface area contributed by atoms with Crippen LogP contribution >= 0.6 is 0 Å². The highest BCUT2D eigenvalue weighted by molar-refractivity contribution is 6.11. The second kappa shape index (κ2) is 4.50. The summed E-state index contributed by atoms with van der Waals surface area (Å²) in [7, 11) is 0. The van der Waals surface area contributed by atoms with E-state index in [4.69, 9.17) is 0 Å². The first-order chi connectivity index (χ1) is 8.09. The largest absolute Gasteiger partial charge is 0.293 e. The minimum absolute atomic E-state index is 0.0297. The SMILES string of the molecule is CC1=CC(C(=O)c2ccccc2)C=C(C)C1=O. The summed E-state index contributed by atoms with van der Waals surface area (Å²) < 4.78 is 0. The summed E-state index contributed by atoms with van der Waals surface area (Å²) in [6.45, 7) is 3.51. The van der Waals surface area contributed by atoms with E-state index in [-0.39, 0.29) is 17.5 Å². The number of Topliss-reactive ketones (excluding diaryl/α,β-unsaturated/α-hetero) is 2. The number of hydrogen-bond donors (Lipinski definition) is 0. The lowest BCUT2D eigenvalue weighted by Gasteiger charge is -2.15. The quantitative estimate of drug-likeness (QED) is 0.726. The Morgan fingerprint density at radius 1 is 1.00 bits per heavy atom. The van der Waals surface area contributed by atoms with Crippen LogP contribution in [0.15, 0.2) is 53.6 Å². The molecule has 0 aliphatic heterocycles. The van der Waals surface area contributed by atoms with E-state index in [1.165, 1.54) is 0 Å². The average molecular weight is 226 g/mol. The van der Waals surface area contributed by atoms with Crippen LogP contribution in [0, 0.1) is 5.92 Å². The van der Waals surface area contributed by atoms with Crippen LogP contribution in [0.2, 0.25) is 0 Å². The van der Waals surface area contributed by atoms with E-state index >= 15 is 0 Å². The molecule has 0 heterocycles. The van der Waals surface area contributed by atoms with Crippen molar-refractivity contribution in [1.29, 1.82) is 0 Å². The molecule has 0 saturated carbocycles. The van der Waals surface area contributed by atoms with Gasteiger partial charge < -0.3 is 0 Å². The lowest BCUT2D eigenvalue weighted by Crippen LogP contribution is -2.18. The van der Waals surface area contributed by atoms with E-state index in [2.05, 4.69) is 0 Å².